The van der Waals surface area contributed by atoms with Gasteiger partial charge in [-0.25, -0.2) is 0 Å². The molecule has 0 fully saturated rings. The number of furan rings is 1. The number of nitrogens with one attached hydrogen (secondary N) is 1. The van der Waals surface area contributed by atoms with Crippen LogP contribution in [-0.2, 0) is 24.7 Å². The van der Waals surface area contributed by atoms with Crippen LogP contribution in [0, 0.1) is 5.41 Å². The van der Waals surface area contributed by atoms with Gasteiger partial charge in [-0.1, -0.05) is 27.7 Å². The molecule has 5 nitrogen and oxygen atoms in total. The maximum absolute atomic E-state index is 12.3. The van der Waals surface area contributed by atoms with Crippen LogP contribution in [0.3, 0.4) is 0 Å². The normalized spacial score (nSPS) is 13.1. The molecule has 0 unspecified atom stereocenters. The van der Waals surface area contributed by atoms with Gasteiger partial charge in [0.25, 0.3) is 0 Å². The van der Waals surface area contributed by atoms with E-state index in [1.807, 2.05) is 25.4 Å². The van der Waals surface area contributed by atoms with Crippen molar-refractivity contribution in [3.8, 4) is 0 Å². The van der Waals surface area contributed by atoms with Gasteiger partial charge in [0.1, 0.15) is 11.5 Å². The van der Waals surface area contributed by atoms with Crippen LogP contribution >= 0.6 is 0 Å². The summed E-state index contributed by atoms with van der Waals surface area (Å²) >= 11 is 0. The number of aromatic nitrogens is 2. The summed E-state index contributed by atoms with van der Waals surface area (Å²) in [5, 5.41) is 7.25. The van der Waals surface area contributed by atoms with Crippen molar-refractivity contribution in [1.82, 2.24) is 15.1 Å². The quantitative estimate of drug-likeness (QED) is 0.888. The largest absolute Gasteiger partial charge is 0.464 e. The number of rotatable bonds is 6. The van der Waals surface area contributed by atoms with Gasteiger partial charge >= 0.3 is 0 Å². The highest BCUT2D eigenvalue weighted by atomic mass is 16.3. The van der Waals surface area contributed by atoms with Crippen molar-refractivity contribution in [2.45, 2.75) is 53.0 Å². The monoisotopic (exact) mass is 317 g/mol. The van der Waals surface area contributed by atoms with Gasteiger partial charge in [0.2, 0.25) is 5.91 Å². The van der Waals surface area contributed by atoms with E-state index in [1.54, 1.807) is 10.9 Å². The fourth-order valence-electron chi connectivity index (χ4n) is 2.55. The topological polar surface area (TPSA) is 60.1 Å². The summed E-state index contributed by atoms with van der Waals surface area (Å²) in [6, 6.07) is 3.82. The van der Waals surface area contributed by atoms with Crippen LogP contribution in [0.15, 0.2) is 28.9 Å². The van der Waals surface area contributed by atoms with Crippen LogP contribution in [0.2, 0.25) is 0 Å². The second-order valence-electron chi connectivity index (χ2n) is 7.05. The van der Waals surface area contributed by atoms with Crippen molar-refractivity contribution in [1.29, 1.82) is 0 Å². The Morgan fingerprint density at radius 3 is 2.65 bits per heavy atom. The van der Waals surface area contributed by atoms with Crippen molar-refractivity contribution in [3.63, 3.8) is 0 Å². The maximum Gasteiger partial charge on any atom is 0.220 e. The fourth-order valence-corrected chi connectivity index (χ4v) is 2.55. The minimum absolute atomic E-state index is 0.0308. The van der Waals surface area contributed by atoms with E-state index in [4.69, 9.17) is 4.42 Å². The summed E-state index contributed by atoms with van der Waals surface area (Å²) in [5.41, 5.74) is 0.952. The summed E-state index contributed by atoms with van der Waals surface area (Å²) < 4.78 is 7.61. The van der Waals surface area contributed by atoms with Gasteiger partial charge in [-0.3, -0.25) is 9.48 Å². The Balaban J connectivity index is 2.01. The van der Waals surface area contributed by atoms with Gasteiger partial charge in [-0.05, 0) is 29.5 Å². The summed E-state index contributed by atoms with van der Waals surface area (Å²) in [4.78, 5) is 12.3. The Hall–Kier alpha value is -2.04. The molecule has 0 saturated heterocycles. The Morgan fingerprint density at radius 1 is 1.39 bits per heavy atom. The molecule has 5 heteroatoms. The van der Waals surface area contributed by atoms with E-state index in [9.17, 15) is 4.79 Å². The lowest BCUT2D eigenvalue weighted by Crippen LogP contribution is -2.36. The van der Waals surface area contributed by atoms with Crippen molar-refractivity contribution in [2.24, 2.45) is 12.5 Å². The molecule has 1 amide bonds. The molecule has 0 bridgehead atoms. The first kappa shape index (κ1) is 17.3. The van der Waals surface area contributed by atoms with Gasteiger partial charge in [-0.2, -0.15) is 5.10 Å². The Bertz CT molecular complexity index is 649. The van der Waals surface area contributed by atoms with Crippen molar-refractivity contribution in [3.05, 3.63) is 41.6 Å². The molecule has 2 rings (SSSR count). The minimum Gasteiger partial charge on any atom is -0.464 e. The number of hydrogen-bond donors (Lipinski definition) is 1. The molecule has 0 radical (unpaired) electrons. The van der Waals surface area contributed by atoms with Gasteiger partial charge in [-0.15, -0.1) is 0 Å². The summed E-state index contributed by atoms with van der Waals surface area (Å²) in [6.45, 7) is 8.37. The Labute approximate surface area is 138 Å². The van der Waals surface area contributed by atoms with Crippen LogP contribution in [0.5, 0.6) is 0 Å². The van der Waals surface area contributed by atoms with E-state index < -0.39 is 0 Å². The predicted octanol–water partition coefficient (Wildman–Crippen LogP) is 3.41. The third-order valence-electron chi connectivity index (χ3n) is 3.89. The Kier molecular flexibility index (Phi) is 5.29. The van der Waals surface area contributed by atoms with Crippen molar-refractivity contribution in [2.75, 3.05) is 0 Å². The highest BCUT2D eigenvalue weighted by molar-refractivity contribution is 5.76. The van der Waals surface area contributed by atoms with Crippen LogP contribution in [0.1, 0.15) is 57.2 Å². The zero-order valence-corrected chi connectivity index (χ0v) is 14.7. The first-order valence-corrected chi connectivity index (χ1v) is 8.15. The number of carbonyl (C=O) groups is 1. The number of nitrogens with zero attached hydrogens (tertiary/aromatic N) is 2. The number of amides is 1. The van der Waals surface area contributed by atoms with Crippen LogP contribution < -0.4 is 5.32 Å². The molecule has 0 aliphatic carbocycles. The predicted molar refractivity (Wildman–Crippen MR) is 90.0 cm³/mol. The maximum atomic E-state index is 12.3. The van der Waals surface area contributed by atoms with E-state index in [0.29, 0.717) is 12.8 Å². The standard InChI is InChI=1S/C18H27N3O2/c1-6-14-8-9-15(23-14)17(18(2,3)4)20-16(22)10-7-13-11-19-21(5)12-13/h8-9,11-12,17H,6-7,10H2,1-5H3,(H,20,22)/t17-/m0/s1. The van der Waals surface area contributed by atoms with Gasteiger partial charge < -0.3 is 9.73 Å². The molecule has 2 heterocycles. The summed E-state index contributed by atoms with van der Waals surface area (Å²) in [7, 11) is 1.88. The van der Waals surface area contributed by atoms with Crippen LogP contribution in [0.4, 0.5) is 0 Å². The molecular formula is C18H27N3O2. The first-order chi connectivity index (χ1) is 10.8. The molecule has 2 aromatic rings. The van der Waals surface area contributed by atoms with E-state index in [1.165, 1.54) is 0 Å². The zero-order chi connectivity index (χ0) is 17.0. The Morgan fingerprint density at radius 2 is 2.13 bits per heavy atom. The molecule has 1 atom stereocenters. The third-order valence-corrected chi connectivity index (χ3v) is 3.89. The van der Waals surface area contributed by atoms with E-state index in [0.717, 1.165) is 23.5 Å². The molecular weight excluding hydrogens is 290 g/mol. The number of carbonyl (C=O) groups excluding carboxylic acids is 1. The van der Waals surface area contributed by atoms with Gasteiger partial charge in [0.05, 0.1) is 12.2 Å². The van der Waals surface area contributed by atoms with Crippen molar-refractivity contribution >= 4 is 5.91 Å². The van der Waals surface area contributed by atoms with Crippen molar-refractivity contribution < 1.29 is 9.21 Å². The average molecular weight is 317 g/mol. The third kappa shape index (κ3) is 4.71. The molecule has 2 aromatic heterocycles. The van der Waals surface area contributed by atoms with Crippen LogP contribution in [0.25, 0.3) is 0 Å². The second-order valence-corrected chi connectivity index (χ2v) is 7.05. The molecule has 126 valence electrons. The van der Waals surface area contributed by atoms with Gasteiger partial charge in [0, 0.05) is 26.1 Å². The molecule has 1 N–H and O–H groups in total. The first-order valence-electron chi connectivity index (χ1n) is 8.15. The molecule has 0 spiro atoms. The molecule has 0 aromatic carbocycles. The number of hydrogen-bond acceptors (Lipinski definition) is 3. The lowest BCUT2D eigenvalue weighted by Gasteiger charge is -2.30. The van der Waals surface area contributed by atoms with E-state index in [-0.39, 0.29) is 17.4 Å². The minimum atomic E-state index is -0.135. The van der Waals surface area contributed by atoms with Gasteiger partial charge in [0.15, 0.2) is 0 Å². The highest BCUT2D eigenvalue weighted by Crippen LogP contribution is 2.33. The summed E-state index contributed by atoms with van der Waals surface area (Å²) in [5.74, 6) is 1.80. The molecule has 0 saturated carbocycles. The lowest BCUT2D eigenvalue weighted by atomic mass is 9.85. The smallest absolute Gasteiger partial charge is 0.220 e. The molecule has 0 aliphatic heterocycles. The average Bonchev–Trinajstić information content (AvgIpc) is 3.10. The second kappa shape index (κ2) is 7.02. The fraction of sp³-hybridized carbons (Fsp3) is 0.556. The van der Waals surface area contributed by atoms with Crippen LogP contribution in [-0.4, -0.2) is 15.7 Å². The number of aryl methyl sites for hydroxylation is 3. The lowest BCUT2D eigenvalue weighted by molar-refractivity contribution is -0.122. The SMILES string of the molecule is CCc1ccc([C@H](NC(=O)CCc2cnn(C)c2)C(C)(C)C)o1. The van der Waals surface area contributed by atoms with E-state index >= 15 is 0 Å². The zero-order valence-electron chi connectivity index (χ0n) is 14.7. The summed E-state index contributed by atoms with van der Waals surface area (Å²) in [6.07, 6.45) is 5.73. The molecule has 23 heavy (non-hydrogen) atoms. The van der Waals surface area contributed by atoms with E-state index in [2.05, 4.69) is 38.1 Å². The highest BCUT2D eigenvalue weighted by Gasteiger charge is 2.30. The molecule has 0 aliphatic rings.